The van der Waals surface area contributed by atoms with Gasteiger partial charge in [0, 0.05) is 30.7 Å². The molecule has 2 aromatic rings. The number of aliphatic carboxylic acids is 2. The third kappa shape index (κ3) is 7.78. The minimum absolute atomic E-state index is 0.404. The molecule has 3 N–H and O–H groups in total. The number of hydrogen-bond acceptors (Lipinski definition) is 6. The maximum absolute atomic E-state index is 9.55. The first-order valence-electron chi connectivity index (χ1n) is 10.0. The molecule has 3 rings (SSSR count). The molecule has 0 unspecified atom stereocenters. The molecule has 8 nitrogen and oxygen atoms in total. The van der Waals surface area contributed by atoms with Gasteiger partial charge in [0.1, 0.15) is 0 Å². The number of rotatable bonds is 7. The highest BCUT2D eigenvalue weighted by Crippen LogP contribution is 2.33. The lowest BCUT2D eigenvalue weighted by Gasteiger charge is -2.32. The van der Waals surface area contributed by atoms with Crippen molar-refractivity contribution in [3.63, 3.8) is 0 Å². The molecule has 1 saturated heterocycles. The van der Waals surface area contributed by atoms with Crippen molar-refractivity contribution in [3.8, 4) is 17.6 Å². The predicted octanol–water partition coefficient (Wildman–Crippen LogP) is 3.05. The van der Waals surface area contributed by atoms with Crippen LogP contribution in [0.2, 0.25) is 0 Å². The second-order valence-corrected chi connectivity index (χ2v) is 7.07. The SMILES string of the molecule is COc1cc(C#N)ccc1OC[C@@H]1CNCC[C@H]1c1ccccc1.O=C(O)/C=C/C(=O)O. The Balaban J connectivity index is 0.000000390. The van der Waals surface area contributed by atoms with Crippen molar-refractivity contribution >= 4 is 11.9 Å². The maximum Gasteiger partial charge on any atom is 0.328 e. The van der Waals surface area contributed by atoms with Crippen LogP contribution in [-0.4, -0.2) is 49.0 Å². The minimum atomic E-state index is -1.26. The molecule has 1 fully saturated rings. The van der Waals surface area contributed by atoms with Crippen molar-refractivity contribution in [2.45, 2.75) is 12.3 Å². The molecule has 0 amide bonds. The van der Waals surface area contributed by atoms with E-state index in [0.717, 1.165) is 19.5 Å². The summed E-state index contributed by atoms with van der Waals surface area (Å²) in [5, 5.41) is 28.1. The summed E-state index contributed by atoms with van der Waals surface area (Å²) in [6, 6.07) is 18.0. The smallest absolute Gasteiger partial charge is 0.328 e. The van der Waals surface area contributed by atoms with Crippen LogP contribution in [-0.2, 0) is 9.59 Å². The van der Waals surface area contributed by atoms with Gasteiger partial charge in [0.15, 0.2) is 11.5 Å². The van der Waals surface area contributed by atoms with E-state index < -0.39 is 11.9 Å². The first kappa shape index (κ1) is 24.4. The molecule has 0 spiro atoms. The Morgan fingerprint density at radius 3 is 2.41 bits per heavy atom. The topological polar surface area (TPSA) is 129 Å². The highest BCUT2D eigenvalue weighted by molar-refractivity contribution is 5.89. The molecule has 1 aliphatic rings. The number of nitrogens with zero attached hydrogens (tertiary/aromatic N) is 1. The van der Waals surface area contributed by atoms with Crippen LogP contribution in [0, 0.1) is 17.2 Å². The Morgan fingerprint density at radius 2 is 1.81 bits per heavy atom. The quantitative estimate of drug-likeness (QED) is 0.563. The maximum atomic E-state index is 9.55. The van der Waals surface area contributed by atoms with E-state index in [9.17, 15) is 9.59 Å². The van der Waals surface area contributed by atoms with E-state index in [1.807, 2.05) is 6.07 Å². The van der Waals surface area contributed by atoms with Crippen LogP contribution in [0.4, 0.5) is 0 Å². The van der Waals surface area contributed by atoms with Crippen molar-refractivity contribution in [1.82, 2.24) is 5.32 Å². The van der Waals surface area contributed by atoms with E-state index in [2.05, 4.69) is 41.7 Å². The van der Waals surface area contributed by atoms with E-state index in [1.54, 1.807) is 19.2 Å². The molecule has 1 aliphatic heterocycles. The van der Waals surface area contributed by atoms with Gasteiger partial charge in [0.25, 0.3) is 0 Å². The zero-order valence-corrected chi connectivity index (χ0v) is 17.7. The van der Waals surface area contributed by atoms with Gasteiger partial charge >= 0.3 is 11.9 Å². The molecule has 0 saturated carbocycles. The number of piperidine rings is 1. The van der Waals surface area contributed by atoms with Crippen molar-refractivity contribution < 1.29 is 29.3 Å². The molecular weight excluding hydrogens is 412 g/mol. The molecule has 2 aromatic carbocycles. The average Bonchev–Trinajstić information content (AvgIpc) is 2.82. The molecule has 2 atom stereocenters. The van der Waals surface area contributed by atoms with Gasteiger partial charge in [-0.15, -0.1) is 0 Å². The van der Waals surface area contributed by atoms with Crippen LogP contribution < -0.4 is 14.8 Å². The first-order valence-corrected chi connectivity index (χ1v) is 10.0. The first-order chi connectivity index (χ1) is 15.4. The number of carboxylic acid groups (broad SMARTS) is 2. The van der Waals surface area contributed by atoms with Gasteiger partial charge < -0.3 is 25.0 Å². The third-order valence-corrected chi connectivity index (χ3v) is 4.95. The Labute approximate surface area is 186 Å². The summed E-state index contributed by atoms with van der Waals surface area (Å²) in [6.07, 6.45) is 2.23. The van der Waals surface area contributed by atoms with Crippen molar-refractivity contribution in [2.24, 2.45) is 5.92 Å². The summed E-state index contributed by atoms with van der Waals surface area (Å²) in [5.41, 5.74) is 1.94. The molecule has 0 bridgehead atoms. The van der Waals surface area contributed by atoms with Crippen LogP contribution >= 0.6 is 0 Å². The van der Waals surface area contributed by atoms with E-state index in [-0.39, 0.29) is 0 Å². The third-order valence-electron chi connectivity index (χ3n) is 4.95. The highest BCUT2D eigenvalue weighted by atomic mass is 16.5. The van der Waals surface area contributed by atoms with Gasteiger partial charge in [-0.05, 0) is 36.6 Å². The standard InChI is InChI=1S/C20H22N2O2.C4H4O4/c1-23-20-11-15(12-21)7-8-19(20)24-14-17-13-22-10-9-18(17)16-5-3-2-4-6-16;5-3(6)1-2-4(7)8/h2-8,11,17-18,22H,9-10,13-14H2,1H3;1-2H,(H,5,6)(H,7,8)/b;2-1+/t17-,18-;/m0./s1. The number of nitrogens with one attached hydrogen (secondary N) is 1. The number of hydrogen-bond donors (Lipinski definition) is 3. The molecule has 8 heteroatoms. The lowest BCUT2D eigenvalue weighted by Crippen LogP contribution is -2.38. The zero-order valence-electron chi connectivity index (χ0n) is 17.7. The summed E-state index contributed by atoms with van der Waals surface area (Å²) in [4.78, 5) is 19.1. The lowest BCUT2D eigenvalue weighted by molar-refractivity contribution is -0.134. The Bertz CT molecular complexity index is 952. The Hall–Kier alpha value is -3.83. The van der Waals surface area contributed by atoms with Crippen molar-refractivity contribution in [2.75, 3.05) is 26.8 Å². The van der Waals surface area contributed by atoms with Gasteiger partial charge in [-0.2, -0.15) is 5.26 Å². The van der Waals surface area contributed by atoms with E-state index in [4.69, 9.17) is 24.9 Å². The fourth-order valence-corrected chi connectivity index (χ4v) is 3.43. The number of benzene rings is 2. The van der Waals surface area contributed by atoms with E-state index in [0.29, 0.717) is 47.7 Å². The summed E-state index contributed by atoms with van der Waals surface area (Å²) >= 11 is 0. The Morgan fingerprint density at radius 1 is 1.12 bits per heavy atom. The summed E-state index contributed by atoms with van der Waals surface area (Å²) in [6.45, 7) is 2.60. The summed E-state index contributed by atoms with van der Waals surface area (Å²) in [5.74, 6) is -0.318. The van der Waals surface area contributed by atoms with E-state index in [1.165, 1.54) is 5.56 Å². The van der Waals surface area contributed by atoms with Gasteiger partial charge in [-0.3, -0.25) is 0 Å². The lowest BCUT2D eigenvalue weighted by atomic mass is 9.81. The number of carboxylic acids is 2. The number of nitriles is 1. The molecule has 0 aliphatic carbocycles. The van der Waals surface area contributed by atoms with Crippen LogP contribution in [0.15, 0.2) is 60.7 Å². The van der Waals surface area contributed by atoms with Crippen LogP contribution in [0.1, 0.15) is 23.5 Å². The molecule has 0 radical (unpaired) electrons. The molecule has 32 heavy (non-hydrogen) atoms. The van der Waals surface area contributed by atoms with Crippen LogP contribution in [0.5, 0.6) is 11.5 Å². The van der Waals surface area contributed by atoms with Gasteiger partial charge in [0.2, 0.25) is 0 Å². The number of methoxy groups -OCH3 is 1. The predicted molar refractivity (Wildman–Crippen MR) is 118 cm³/mol. The number of ether oxygens (including phenoxy) is 2. The fraction of sp³-hybridized carbons (Fsp3) is 0.292. The van der Waals surface area contributed by atoms with Crippen molar-refractivity contribution in [1.29, 1.82) is 5.26 Å². The second-order valence-electron chi connectivity index (χ2n) is 7.07. The summed E-state index contributed by atoms with van der Waals surface area (Å²) < 4.78 is 11.4. The monoisotopic (exact) mass is 438 g/mol. The average molecular weight is 438 g/mol. The fourth-order valence-electron chi connectivity index (χ4n) is 3.43. The second kappa shape index (κ2) is 12.8. The van der Waals surface area contributed by atoms with Crippen LogP contribution in [0.3, 0.4) is 0 Å². The number of carbonyl (C=O) groups is 2. The highest BCUT2D eigenvalue weighted by Gasteiger charge is 2.27. The van der Waals surface area contributed by atoms with Gasteiger partial charge in [-0.25, -0.2) is 9.59 Å². The van der Waals surface area contributed by atoms with E-state index >= 15 is 0 Å². The van der Waals surface area contributed by atoms with Crippen LogP contribution in [0.25, 0.3) is 0 Å². The normalized spacial score (nSPS) is 17.5. The Kier molecular flexibility index (Phi) is 9.75. The molecule has 0 aromatic heterocycles. The molecule has 168 valence electrons. The zero-order chi connectivity index (χ0) is 23.3. The van der Waals surface area contributed by atoms with Crippen molar-refractivity contribution in [3.05, 3.63) is 71.8 Å². The minimum Gasteiger partial charge on any atom is -0.493 e. The van der Waals surface area contributed by atoms with Gasteiger partial charge in [0.05, 0.1) is 25.3 Å². The molecular formula is C24H26N2O6. The largest absolute Gasteiger partial charge is 0.493 e. The molecule has 1 heterocycles. The van der Waals surface area contributed by atoms with Gasteiger partial charge in [-0.1, -0.05) is 30.3 Å². The summed E-state index contributed by atoms with van der Waals surface area (Å²) in [7, 11) is 1.60.